The second-order valence-corrected chi connectivity index (χ2v) is 6.56. The zero-order valence-corrected chi connectivity index (χ0v) is 13.7. The van der Waals surface area contributed by atoms with Crippen molar-refractivity contribution in [1.29, 1.82) is 0 Å². The van der Waals surface area contributed by atoms with Crippen LogP contribution in [0.5, 0.6) is 0 Å². The smallest absolute Gasteiger partial charge is 0.271 e. The van der Waals surface area contributed by atoms with Crippen molar-refractivity contribution < 1.29 is 20.1 Å². The lowest BCUT2D eigenvalue weighted by molar-refractivity contribution is -0.0955. The molecule has 0 amide bonds. The molecule has 2 aromatic heterocycles. The van der Waals surface area contributed by atoms with E-state index in [0.717, 1.165) is 5.39 Å². The van der Waals surface area contributed by atoms with Crippen molar-refractivity contribution in [2.75, 3.05) is 11.9 Å². The Bertz CT molecular complexity index is 952. The Morgan fingerprint density at radius 2 is 2.24 bits per heavy atom. The molecule has 4 N–H and O–H groups in total. The molecule has 4 atom stereocenters. The van der Waals surface area contributed by atoms with E-state index in [1.807, 2.05) is 0 Å². The standard InChI is InChI=1S/C16H18N4O5/c1-7-3-10(22)19-13-11-8(7)4-20(14(11)18-6-17-13)15-16(2,24)12(23)9(5-21)25-15/h3-4,6,9,12,15,21,23-24H,5H2,1-2H3,(H,17,18,19,22)/t9-,12-,15-,16-/m1/s1. The Kier molecular flexibility index (Phi) is 3.45. The summed E-state index contributed by atoms with van der Waals surface area (Å²) in [5.74, 6) is 0.819. The Morgan fingerprint density at radius 3 is 2.92 bits per heavy atom. The molecule has 1 saturated heterocycles. The van der Waals surface area contributed by atoms with Crippen molar-refractivity contribution in [3.05, 3.63) is 28.2 Å². The van der Waals surface area contributed by atoms with Crippen molar-refractivity contribution in [3.8, 4) is 0 Å². The Labute approximate surface area is 142 Å². The lowest BCUT2D eigenvalue weighted by Gasteiger charge is -2.28. The SMILES string of the molecule is Cc1cc(=O)nc2c3c(n([C@@H]4O[C@H](CO)[C@@H](O)[C@@]4(C)O)cc13)N=CN2. The molecule has 1 fully saturated rings. The van der Waals surface area contributed by atoms with Gasteiger partial charge in [-0.2, -0.15) is 4.98 Å². The van der Waals surface area contributed by atoms with Gasteiger partial charge in [-0.1, -0.05) is 0 Å². The first kappa shape index (κ1) is 16.2. The summed E-state index contributed by atoms with van der Waals surface area (Å²) < 4.78 is 7.28. The fourth-order valence-corrected chi connectivity index (χ4v) is 3.47. The van der Waals surface area contributed by atoms with Crippen LogP contribution in [0, 0.1) is 6.92 Å². The molecule has 2 aliphatic heterocycles. The first-order valence-electron chi connectivity index (χ1n) is 7.87. The number of aliphatic hydroxyl groups is 3. The number of nitrogens with zero attached hydrogens (tertiary/aromatic N) is 3. The lowest BCUT2D eigenvalue weighted by Crippen LogP contribution is -2.44. The average Bonchev–Trinajstić information content (AvgIpc) is 3.00. The summed E-state index contributed by atoms with van der Waals surface area (Å²) in [6.45, 7) is 2.81. The van der Waals surface area contributed by atoms with E-state index < -0.39 is 30.6 Å². The second-order valence-electron chi connectivity index (χ2n) is 6.56. The maximum Gasteiger partial charge on any atom is 0.271 e. The van der Waals surface area contributed by atoms with E-state index in [0.29, 0.717) is 22.6 Å². The normalized spacial score (nSPS) is 30.7. The summed E-state index contributed by atoms with van der Waals surface area (Å²) in [5.41, 5.74) is -1.30. The predicted molar refractivity (Wildman–Crippen MR) is 90.1 cm³/mol. The topological polar surface area (TPSA) is 129 Å². The minimum absolute atomic E-state index is 0.369. The van der Waals surface area contributed by atoms with Crippen molar-refractivity contribution in [1.82, 2.24) is 9.55 Å². The van der Waals surface area contributed by atoms with Gasteiger partial charge in [0.25, 0.3) is 5.56 Å². The number of hydrogen-bond donors (Lipinski definition) is 4. The van der Waals surface area contributed by atoms with Crippen molar-refractivity contribution in [2.45, 2.75) is 37.9 Å². The van der Waals surface area contributed by atoms with Crippen LogP contribution in [-0.2, 0) is 4.74 Å². The molecule has 132 valence electrons. The van der Waals surface area contributed by atoms with Crippen LogP contribution >= 0.6 is 0 Å². The number of aryl methyl sites for hydroxylation is 1. The van der Waals surface area contributed by atoms with Gasteiger partial charge in [0.2, 0.25) is 0 Å². The van der Waals surface area contributed by atoms with E-state index in [9.17, 15) is 20.1 Å². The van der Waals surface area contributed by atoms with E-state index in [2.05, 4.69) is 15.3 Å². The summed E-state index contributed by atoms with van der Waals surface area (Å²) in [4.78, 5) is 20.2. The second kappa shape index (κ2) is 5.33. The number of aromatic nitrogens is 2. The molecule has 0 radical (unpaired) electrons. The van der Waals surface area contributed by atoms with Gasteiger partial charge in [0, 0.05) is 17.6 Å². The van der Waals surface area contributed by atoms with Crippen LogP contribution in [0.1, 0.15) is 18.7 Å². The van der Waals surface area contributed by atoms with Crippen molar-refractivity contribution in [2.24, 2.45) is 4.99 Å². The molecular formula is C16H18N4O5. The number of aliphatic hydroxyl groups excluding tert-OH is 2. The molecule has 2 aliphatic rings. The average molecular weight is 346 g/mol. The zero-order valence-electron chi connectivity index (χ0n) is 13.7. The van der Waals surface area contributed by atoms with Crippen LogP contribution in [0.2, 0.25) is 0 Å². The van der Waals surface area contributed by atoms with Crippen LogP contribution in [0.25, 0.3) is 10.8 Å². The van der Waals surface area contributed by atoms with Crippen molar-refractivity contribution >= 4 is 28.7 Å². The number of rotatable bonds is 2. The van der Waals surface area contributed by atoms with Gasteiger partial charge in [0.1, 0.15) is 29.4 Å². The lowest BCUT2D eigenvalue weighted by atomic mass is 9.96. The molecule has 4 rings (SSSR count). The van der Waals surface area contributed by atoms with Crippen LogP contribution in [0.3, 0.4) is 0 Å². The quantitative estimate of drug-likeness (QED) is 0.592. The van der Waals surface area contributed by atoms with Gasteiger partial charge < -0.3 is 29.9 Å². The number of anilines is 1. The summed E-state index contributed by atoms with van der Waals surface area (Å²) in [5, 5.41) is 34.6. The fraction of sp³-hybridized carbons (Fsp3) is 0.438. The molecule has 9 heteroatoms. The van der Waals surface area contributed by atoms with Crippen molar-refractivity contribution in [3.63, 3.8) is 0 Å². The van der Waals surface area contributed by atoms with Gasteiger partial charge in [-0.3, -0.25) is 4.79 Å². The number of aliphatic imine (C=N–C) groups is 1. The highest BCUT2D eigenvalue weighted by Crippen LogP contribution is 2.44. The third kappa shape index (κ3) is 2.20. The summed E-state index contributed by atoms with van der Waals surface area (Å²) in [7, 11) is 0. The van der Waals surface area contributed by atoms with Crippen LogP contribution in [0.15, 0.2) is 22.1 Å². The minimum atomic E-state index is -1.63. The largest absolute Gasteiger partial charge is 0.394 e. The highest BCUT2D eigenvalue weighted by atomic mass is 16.6. The zero-order chi connectivity index (χ0) is 17.9. The third-order valence-corrected chi connectivity index (χ3v) is 4.80. The number of ether oxygens (including phenoxy) is 1. The maximum absolute atomic E-state index is 11.9. The van der Waals surface area contributed by atoms with E-state index in [1.165, 1.54) is 19.3 Å². The Hall–Kier alpha value is -2.33. The van der Waals surface area contributed by atoms with E-state index in [1.54, 1.807) is 17.7 Å². The van der Waals surface area contributed by atoms with Gasteiger partial charge in [-0.25, -0.2) is 4.99 Å². The predicted octanol–water partition coefficient (Wildman–Crippen LogP) is -0.208. The monoisotopic (exact) mass is 346 g/mol. The fourth-order valence-electron chi connectivity index (χ4n) is 3.47. The third-order valence-electron chi connectivity index (χ3n) is 4.80. The first-order valence-corrected chi connectivity index (χ1v) is 7.87. The minimum Gasteiger partial charge on any atom is -0.394 e. The number of hydrogen-bond acceptors (Lipinski definition) is 8. The molecule has 0 spiro atoms. The Balaban J connectivity index is 1.98. The van der Waals surface area contributed by atoms with E-state index in [4.69, 9.17) is 4.74 Å². The maximum atomic E-state index is 11.9. The Morgan fingerprint density at radius 1 is 1.48 bits per heavy atom. The van der Waals surface area contributed by atoms with E-state index in [-0.39, 0.29) is 5.56 Å². The molecule has 0 bridgehead atoms. The molecule has 25 heavy (non-hydrogen) atoms. The van der Waals surface area contributed by atoms with Crippen LogP contribution in [-0.4, -0.2) is 55.6 Å². The molecule has 4 heterocycles. The number of nitrogens with one attached hydrogen (secondary N) is 1. The van der Waals surface area contributed by atoms with Crippen LogP contribution < -0.4 is 10.9 Å². The molecule has 0 unspecified atom stereocenters. The highest BCUT2D eigenvalue weighted by Gasteiger charge is 2.53. The van der Waals surface area contributed by atoms with Gasteiger partial charge >= 0.3 is 0 Å². The summed E-state index contributed by atoms with van der Waals surface area (Å²) in [6, 6.07) is 1.42. The van der Waals surface area contributed by atoms with Gasteiger partial charge in [-0.05, 0) is 19.4 Å². The van der Waals surface area contributed by atoms with Gasteiger partial charge in [-0.15, -0.1) is 0 Å². The van der Waals surface area contributed by atoms with Gasteiger partial charge in [0.15, 0.2) is 6.23 Å². The summed E-state index contributed by atoms with van der Waals surface area (Å²) >= 11 is 0. The molecule has 0 saturated carbocycles. The summed E-state index contributed by atoms with van der Waals surface area (Å²) in [6.07, 6.45) is -0.0125. The van der Waals surface area contributed by atoms with Gasteiger partial charge in [0.05, 0.1) is 18.3 Å². The molecule has 9 nitrogen and oxygen atoms in total. The molecule has 0 aromatic carbocycles. The molecule has 0 aliphatic carbocycles. The molecule has 2 aromatic rings. The highest BCUT2D eigenvalue weighted by molar-refractivity contribution is 6.07. The molecular weight excluding hydrogens is 328 g/mol. The van der Waals surface area contributed by atoms with Crippen LogP contribution in [0.4, 0.5) is 11.6 Å². The first-order chi connectivity index (χ1) is 11.8. The van der Waals surface area contributed by atoms with E-state index >= 15 is 0 Å².